The number of benzene rings is 1. The Morgan fingerprint density at radius 2 is 2.00 bits per heavy atom. The zero-order chi connectivity index (χ0) is 18.9. The van der Waals surface area contributed by atoms with E-state index in [0.717, 1.165) is 41.2 Å². The van der Waals surface area contributed by atoms with Crippen molar-refractivity contribution in [1.29, 1.82) is 0 Å². The van der Waals surface area contributed by atoms with Crippen LogP contribution in [0.25, 0.3) is 0 Å². The molecule has 0 aliphatic carbocycles. The lowest BCUT2D eigenvalue weighted by atomic mass is 10.1. The number of hydrogen-bond donors (Lipinski definition) is 2. The number of aliphatic imine (C=N–C) groups is 1. The molecule has 0 saturated carbocycles. The Hall–Kier alpha value is -1.39. The molecule has 0 spiro atoms. The highest BCUT2D eigenvalue weighted by atomic mass is 127. The molecule has 1 aromatic heterocycles. The molecule has 0 radical (unpaired) electrons. The average Bonchev–Trinajstić information content (AvgIpc) is 2.95. The van der Waals surface area contributed by atoms with E-state index in [4.69, 9.17) is 16.3 Å². The number of aryl methyl sites for hydroxylation is 1. The van der Waals surface area contributed by atoms with E-state index < -0.39 is 0 Å². The van der Waals surface area contributed by atoms with Gasteiger partial charge in [-0.25, -0.2) is 4.99 Å². The third-order valence-electron chi connectivity index (χ3n) is 4.10. The maximum atomic E-state index is 5.97. The Kier molecular flexibility index (Phi) is 10.6. The molecule has 0 saturated heterocycles. The van der Waals surface area contributed by atoms with Gasteiger partial charge in [0.25, 0.3) is 0 Å². The van der Waals surface area contributed by atoms with E-state index in [9.17, 15) is 0 Å². The van der Waals surface area contributed by atoms with Crippen LogP contribution >= 0.6 is 35.6 Å². The van der Waals surface area contributed by atoms with Crippen molar-refractivity contribution in [2.24, 2.45) is 12.0 Å². The molecule has 27 heavy (non-hydrogen) atoms. The van der Waals surface area contributed by atoms with Crippen molar-refractivity contribution in [3.05, 3.63) is 46.5 Å². The fourth-order valence-electron chi connectivity index (χ4n) is 2.35. The van der Waals surface area contributed by atoms with Gasteiger partial charge in [0, 0.05) is 32.3 Å². The number of nitrogens with zero attached hydrogens (tertiary/aromatic N) is 4. The third kappa shape index (κ3) is 7.63. The summed E-state index contributed by atoms with van der Waals surface area (Å²) in [4.78, 5) is 4.65. The van der Waals surface area contributed by atoms with E-state index in [-0.39, 0.29) is 30.0 Å². The van der Waals surface area contributed by atoms with Crippen LogP contribution in [-0.2, 0) is 18.3 Å². The van der Waals surface area contributed by atoms with E-state index >= 15 is 0 Å². The van der Waals surface area contributed by atoms with Gasteiger partial charge >= 0.3 is 0 Å². The first-order valence-electron chi connectivity index (χ1n) is 8.65. The minimum atomic E-state index is 0. The van der Waals surface area contributed by atoms with Gasteiger partial charge in [-0.15, -0.1) is 34.2 Å². The van der Waals surface area contributed by atoms with Crippen LogP contribution in [0.3, 0.4) is 0 Å². The first-order valence-corrected chi connectivity index (χ1v) is 9.03. The summed E-state index contributed by atoms with van der Waals surface area (Å²) in [7, 11) is 3.64. The molecule has 2 rings (SSSR count). The van der Waals surface area contributed by atoms with E-state index in [1.807, 2.05) is 42.8 Å². The lowest BCUT2D eigenvalue weighted by molar-refractivity contribution is 0.195. The maximum absolute atomic E-state index is 5.97. The van der Waals surface area contributed by atoms with Gasteiger partial charge < -0.3 is 19.9 Å². The normalized spacial score (nSPS) is 12.4. The highest BCUT2D eigenvalue weighted by molar-refractivity contribution is 14.0. The molecule has 0 aliphatic rings. The summed E-state index contributed by atoms with van der Waals surface area (Å²) < 4.78 is 7.04. The lowest BCUT2D eigenvalue weighted by Gasteiger charge is -2.19. The Morgan fingerprint density at radius 1 is 1.30 bits per heavy atom. The predicted octanol–water partition coefficient (Wildman–Crippen LogP) is 3.23. The summed E-state index contributed by atoms with van der Waals surface area (Å²) in [5, 5.41) is 15.7. The Balaban J connectivity index is 0.00000364. The van der Waals surface area contributed by atoms with Gasteiger partial charge in [-0.1, -0.05) is 23.7 Å². The van der Waals surface area contributed by atoms with Gasteiger partial charge in [-0.3, -0.25) is 0 Å². The number of rotatable bonds is 8. The average molecular weight is 507 g/mol. The van der Waals surface area contributed by atoms with Gasteiger partial charge in [0.1, 0.15) is 12.4 Å². The van der Waals surface area contributed by atoms with Crippen molar-refractivity contribution in [1.82, 2.24) is 25.4 Å². The van der Waals surface area contributed by atoms with E-state index in [0.29, 0.717) is 13.2 Å². The van der Waals surface area contributed by atoms with Crippen molar-refractivity contribution in [2.45, 2.75) is 32.9 Å². The molecule has 7 nitrogen and oxygen atoms in total. The van der Waals surface area contributed by atoms with Crippen LogP contribution in [0.4, 0.5) is 0 Å². The van der Waals surface area contributed by atoms with E-state index in [1.165, 1.54) is 0 Å². The van der Waals surface area contributed by atoms with Crippen LogP contribution in [0.1, 0.15) is 36.6 Å². The van der Waals surface area contributed by atoms with Crippen molar-refractivity contribution in [3.8, 4) is 0 Å². The maximum Gasteiger partial charge on any atom is 0.192 e. The number of guanidine groups is 1. The second kappa shape index (κ2) is 12.1. The van der Waals surface area contributed by atoms with Crippen LogP contribution in [0.2, 0.25) is 5.02 Å². The molecule has 9 heteroatoms. The SMILES string of the molecule is COCCCNC(=NCc1nnc(C)n1C)NC(C)c1ccc(Cl)cc1.I. The number of aromatic nitrogens is 3. The summed E-state index contributed by atoms with van der Waals surface area (Å²) in [5.41, 5.74) is 1.13. The topological polar surface area (TPSA) is 76.4 Å². The second-order valence-electron chi connectivity index (χ2n) is 6.08. The fraction of sp³-hybridized carbons (Fsp3) is 0.500. The standard InChI is InChI=1S/C18H27ClN6O.HI/c1-13(15-6-8-16(19)9-7-15)22-18(20-10-5-11-26-4)21-12-17-24-23-14(2)25(17)3;/h6-9,13H,5,10-12H2,1-4H3,(H2,20,21,22);1H. The van der Waals surface area contributed by atoms with Crippen molar-refractivity contribution in [3.63, 3.8) is 0 Å². The zero-order valence-corrected chi connectivity index (χ0v) is 19.3. The predicted molar refractivity (Wildman–Crippen MR) is 120 cm³/mol. The van der Waals surface area contributed by atoms with Crippen molar-refractivity contribution < 1.29 is 4.74 Å². The molecule has 1 heterocycles. The summed E-state index contributed by atoms with van der Waals surface area (Å²) >= 11 is 5.97. The molecule has 1 atom stereocenters. The Labute approximate surface area is 183 Å². The molecule has 1 aromatic carbocycles. The summed E-state index contributed by atoms with van der Waals surface area (Å²) in [6, 6.07) is 7.88. The van der Waals surface area contributed by atoms with Crippen molar-refractivity contribution in [2.75, 3.05) is 20.3 Å². The summed E-state index contributed by atoms with van der Waals surface area (Å²) in [6.45, 7) is 5.93. The van der Waals surface area contributed by atoms with Crippen LogP contribution in [0.5, 0.6) is 0 Å². The highest BCUT2D eigenvalue weighted by Gasteiger charge is 2.09. The molecule has 2 N–H and O–H groups in total. The molecule has 2 aromatic rings. The van der Waals surface area contributed by atoms with Crippen LogP contribution in [-0.4, -0.2) is 41.0 Å². The van der Waals surface area contributed by atoms with Gasteiger partial charge in [-0.2, -0.15) is 0 Å². The largest absolute Gasteiger partial charge is 0.385 e. The molecule has 150 valence electrons. The number of halogens is 2. The number of ether oxygens (including phenoxy) is 1. The molecule has 0 fully saturated rings. The minimum absolute atomic E-state index is 0. The fourth-order valence-corrected chi connectivity index (χ4v) is 2.48. The monoisotopic (exact) mass is 506 g/mol. The first kappa shape index (κ1) is 23.6. The minimum Gasteiger partial charge on any atom is -0.385 e. The highest BCUT2D eigenvalue weighted by Crippen LogP contribution is 2.15. The van der Waals surface area contributed by atoms with Gasteiger partial charge in [-0.05, 0) is 38.0 Å². The molecule has 0 bridgehead atoms. The molecular formula is C18H28ClIN6O. The lowest BCUT2D eigenvalue weighted by Crippen LogP contribution is -2.39. The number of methoxy groups -OCH3 is 1. The zero-order valence-electron chi connectivity index (χ0n) is 16.2. The number of hydrogen-bond acceptors (Lipinski definition) is 4. The quantitative estimate of drug-likeness (QED) is 0.249. The molecule has 1 unspecified atom stereocenters. The summed E-state index contributed by atoms with van der Waals surface area (Å²) in [5.74, 6) is 2.41. The summed E-state index contributed by atoms with van der Waals surface area (Å²) in [6.07, 6.45) is 0.898. The van der Waals surface area contributed by atoms with Crippen LogP contribution in [0, 0.1) is 6.92 Å². The van der Waals surface area contributed by atoms with Crippen LogP contribution < -0.4 is 10.6 Å². The first-order chi connectivity index (χ1) is 12.5. The molecule has 0 amide bonds. The van der Waals surface area contributed by atoms with Gasteiger partial charge in [0.05, 0.1) is 6.04 Å². The van der Waals surface area contributed by atoms with Crippen molar-refractivity contribution >= 4 is 41.5 Å². The van der Waals surface area contributed by atoms with Gasteiger partial charge in [0.15, 0.2) is 11.8 Å². The molecular weight excluding hydrogens is 479 g/mol. The Morgan fingerprint density at radius 3 is 2.59 bits per heavy atom. The smallest absolute Gasteiger partial charge is 0.192 e. The Bertz CT molecular complexity index is 719. The third-order valence-corrected chi connectivity index (χ3v) is 4.35. The van der Waals surface area contributed by atoms with Gasteiger partial charge in [0.2, 0.25) is 0 Å². The van der Waals surface area contributed by atoms with Crippen LogP contribution in [0.15, 0.2) is 29.3 Å². The molecule has 0 aliphatic heterocycles. The van der Waals surface area contributed by atoms with E-state index in [2.05, 4.69) is 32.7 Å². The van der Waals surface area contributed by atoms with E-state index in [1.54, 1.807) is 7.11 Å². The second-order valence-corrected chi connectivity index (χ2v) is 6.51. The number of nitrogens with one attached hydrogen (secondary N) is 2.